The molecule has 1 heterocycles. The zero-order chi connectivity index (χ0) is 26.0. The minimum absolute atomic E-state index is 0.197. The van der Waals surface area contributed by atoms with E-state index in [1.165, 1.54) is 13.0 Å². The van der Waals surface area contributed by atoms with Crippen LogP contribution in [0.2, 0.25) is 0 Å². The summed E-state index contributed by atoms with van der Waals surface area (Å²) in [6.45, 7) is 1.36. The average Bonchev–Trinajstić information content (AvgIpc) is 2.67. The van der Waals surface area contributed by atoms with E-state index in [1.54, 1.807) is 6.92 Å². The first-order chi connectivity index (χ1) is 14.8. The van der Waals surface area contributed by atoms with Crippen LogP contribution in [-0.2, 0) is 29.7 Å². The fourth-order valence-corrected chi connectivity index (χ4v) is 4.96. The molecule has 0 aliphatic carbocycles. The Bertz CT molecular complexity index is 944. The first kappa shape index (κ1) is 29.6. The maximum absolute atomic E-state index is 14.0. The molecule has 1 aliphatic rings. The minimum atomic E-state index is -7.09. The number of aliphatic hydroxyl groups is 1. The first-order valence-corrected chi connectivity index (χ1v) is 12.3. The van der Waals surface area contributed by atoms with E-state index in [2.05, 4.69) is 0 Å². The topological polar surface area (TPSA) is 138 Å². The number of hydrogen-bond acceptors (Lipinski definition) is 7. The van der Waals surface area contributed by atoms with E-state index in [0.717, 1.165) is 6.26 Å². The number of ether oxygens (including phenoxy) is 1. The predicted octanol–water partition coefficient (Wildman–Crippen LogP) is 2.20. The Morgan fingerprint density at radius 2 is 1.58 bits per heavy atom. The van der Waals surface area contributed by atoms with Gasteiger partial charge in [0, 0.05) is 13.1 Å². The van der Waals surface area contributed by atoms with E-state index in [0.29, 0.717) is 0 Å². The molecule has 1 rings (SSSR count). The molecule has 9 nitrogen and oxygen atoms in total. The zero-order valence-corrected chi connectivity index (χ0v) is 18.9. The molecule has 0 aromatic heterocycles. The zero-order valence-electron chi connectivity index (χ0n) is 17.3. The number of esters is 1. The number of carbonyl (C=O) groups is 1. The van der Waals surface area contributed by atoms with Crippen LogP contribution in [-0.4, -0.2) is 72.4 Å². The molecule has 2 unspecified atom stereocenters. The lowest BCUT2D eigenvalue weighted by Gasteiger charge is -2.36. The normalized spacial score (nSPS) is 20.1. The highest BCUT2D eigenvalue weighted by molar-refractivity contribution is 7.90. The van der Waals surface area contributed by atoms with Gasteiger partial charge in [-0.3, -0.25) is 9.35 Å². The molecule has 1 aliphatic heterocycles. The molecule has 0 aromatic carbocycles. The summed E-state index contributed by atoms with van der Waals surface area (Å²) in [4.78, 5) is 11.8. The largest absolute Gasteiger partial charge is 0.439 e. The fourth-order valence-electron chi connectivity index (χ4n) is 2.97. The quantitative estimate of drug-likeness (QED) is 0.188. The van der Waals surface area contributed by atoms with E-state index in [-0.39, 0.29) is 23.6 Å². The average molecular weight is 535 g/mol. The van der Waals surface area contributed by atoms with Gasteiger partial charge in [0.05, 0.1) is 18.3 Å². The molecular weight excluding hydrogens is 512 g/mol. The van der Waals surface area contributed by atoms with Gasteiger partial charge in [-0.25, -0.2) is 8.42 Å². The van der Waals surface area contributed by atoms with E-state index in [9.17, 15) is 53.1 Å². The van der Waals surface area contributed by atoms with Crippen molar-refractivity contribution >= 4 is 26.1 Å². The Kier molecular flexibility index (Phi) is 9.02. The van der Waals surface area contributed by atoms with Crippen LogP contribution in [0, 0.1) is 11.8 Å². The van der Waals surface area contributed by atoms with Crippen molar-refractivity contribution in [3.63, 3.8) is 0 Å². The summed E-state index contributed by atoms with van der Waals surface area (Å²) in [6.07, 6.45) is 0.996. The summed E-state index contributed by atoms with van der Waals surface area (Å²) in [5.74, 6) is -9.13. The molecule has 0 amide bonds. The Hall–Kier alpha value is -1.43. The third-order valence-electron chi connectivity index (χ3n) is 5.08. The SMILES string of the molecule is CCC(C(=O)O/C=C/C1CCN(S(=O)(=O)C(F)(F)C(F)(F)C(F)(F)S(=O)(=O)O)CC1)C(C)O. The van der Waals surface area contributed by atoms with E-state index < -0.39 is 73.6 Å². The molecule has 0 bridgehead atoms. The second-order valence-corrected chi connectivity index (χ2v) is 10.8. The monoisotopic (exact) mass is 535 g/mol. The van der Waals surface area contributed by atoms with Crippen molar-refractivity contribution in [2.24, 2.45) is 11.8 Å². The summed E-state index contributed by atoms with van der Waals surface area (Å²) in [6, 6.07) is 0. The van der Waals surface area contributed by atoms with Crippen molar-refractivity contribution in [3.8, 4) is 0 Å². The van der Waals surface area contributed by atoms with Gasteiger partial charge in [0.2, 0.25) is 0 Å². The number of piperidine rings is 1. The van der Waals surface area contributed by atoms with Gasteiger partial charge in [-0.15, -0.1) is 0 Å². The molecule has 1 fully saturated rings. The first-order valence-electron chi connectivity index (χ1n) is 9.41. The highest BCUT2D eigenvalue weighted by atomic mass is 32.2. The molecule has 2 N–H and O–H groups in total. The summed E-state index contributed by atoms with van der Waals surface area (Å²) in [7, 11) is -13.6. The van der Waals surface area contributed by atoms with Gasteiger partial charge in [0.25, 0.3) is 10.0 Å². The number of aliphatic hydroxyl groups excluding tert-OH is 1. The third-order valence-corrected chi connectivity index (χ3v) is 7.93. The molecule has 17 heteroatoms. The lowest BCUT2D eigenvalue weighted by Crippen LogP contribution is -2.63. The molecule has 0 radical (unpaired) electrons. The van der Waals surface area contributed by atoms with Crippen LogP contribution in [0.15, 0.2) is 12.3 Å². The highest BCUT2D eigenvalue weighted by Crippen LogP contribution is 2.51. The summed E-state index contributed by atoms with van der Waals surface area (Å²) >= 11 is 0. The number of hydrogen-bond donors (Lipinski definition) is 2. The molecule has 194 valence electrons. The smallest absolute Gasteiger partial charge is 0.435 e. The van der Waals surface area contributed by atoms with Crippen molar-refractivity contribution in [3.05, 3.63) is 12.3 Å². The van der Waals surface area contributed by atoms with Crippen LogP contribution < -0.4 is 0 Å². The number of sulfonamides is 1. The van der Waals surface area contributed by atoms with Crippen LogP contribution in [0.4, 0.5) is 26.3 Å². The molecule has 2 atom stereocenters. The van der Waals surface area contributed by atoms with Crippen LogP contribution in [0.3, 0.4) is 0 Å². The van der Waals surface area contributed by atoms with Gasteiger partial charge < -0.3 is 9.84 Å². The van der Waals surface area contributed by atoms with Gasteiger partial charge in [0.1, 0.15) is 0 Å². The number of allylic oxidation sites excluding steroid dienone is 1. The minimum Gasteiger partial charge on any atom is -0.435 e. The maximum atomic E-state index is 14.0. The maximum Gasteiger partial charge on any atom is 0.439 e. The van der Waals surface area contributed by atoms with Crippen LogP contribution in [0.25, 0.3) is 0 Å². The van der Waals surface area contributed by atoms with Crippen LogP contribution in [0.1, 0.15) is 33.1 Å². The lowest BCUT2D eigenvalue weighted by molar-refractivity contribution is -0.246. The number of alkyl halides is 6. The summed E-state index contributed by atoms with van der Waals surface area (Å²) < 4.78 is 140. The van der Waals surface area contributed by atoms with E-state index in [1.807, 2.05) is 0 Å². The Labute approximate surface area is 186 Å². The summed E-state index contributed by atoms with van der Waals surface area (Å²) in [5, 5.41) is -3.91. The molecular formula is C16H23F6NO8S2. The van der Waals surface area contributed by atoms with Crippen LogP contribution >= 0.6 is 0 Å². The van der Waals surface area contributed by atoms with Crippen molar-refractivity contribution < 1.29 is 62.4 Å². The van der Waals surface area contributed by atoms with Crippen LogP contribution in [0.5, 0.6) is 0 Å². The van der Waals surface area contributed by atoms with E-state index >= 15 is 0 Å². The number of halogens is 6. The molecule has 0 spiro atoms. The van der Waals surface area contributed by atoms with Gasteiger partial charge in [-0.1, -0.05) is 6.92 Å². The number of carbonyl (C=O) groups excluding carboxylic acids is 1. The van der Waals surface area contributed by atoms with Crippen molar-refractivity contribution in [1.29, 1.82) is 0 Å². The second kappa shape index (κ2) is 10.1. The fraction of sp³-hybridized carbons (Fsp3) is 0.812. The molecule has 1 saturated heterocycles. The van der Waals surface area contributed by atoms with Crippen molar-refractivity contribution in [1.82, 2.24) is 4.31 Å². The molecule has 0 aromatic rings. The second-order valence-electron chi connectivity index (χ2n) is 7.35. The van der Waals surface area contributed by atoms with Crippen molar-refractivity contribution in [2.75, 3.05) is 13.1 Å². The van der Waals surface area contributed by atoms with Gasteiger partial charge >= 0.3 is 32.5 Å². The Balaban J connectivity index is 2.91. The molecule has 33 heavy (non-hydrogen) atoms. The Morgan fingerprint density at radius 3 is 1.97 bits per heavy atom. The standard InChI is InChI=1S/C16H23F6NO8S2/c1-3-12(10(2)24)13(25)31-9-6-11-4-7-23(8-5-11)32(26,27)15(19,20)14(17,18)16(21,22)33(28,29)30/h6,9-12,24H,3-5,7-8H2,1-2H3,(H,28,29,30)/b9-6+. The summed E-state index contributed by atoms with van der Waals surface area (Å²) in [5.41, 5.74) is 0. The van der Waals surface area contributed by atoms with E-state index in [4.69, 9.17) is 9.29 Å². The van der Waals surface area contributed by atoms with Gasteiger partial charge in [0.15, 0.2) is 0 Å². The van der Waals surface area contributed by atoms with Crippen molar-refractivity contribution in [2.45, 2.75) is 55.6 Å². The number of nitrogens with zero attached hydrogens (tertiary/aromatic N) is 1. The molecule has 0 saturated carbocycles. The predicted molar refractivity (Wildman–Crippen MR) is 100 cm³/mol. The lowest BCUT2D eigenvalue weighted by atomic mass is 9.98. The third kappa shape index (κ3) is 5.63. The number of rotatable bonds is 10. The Morgan fingerprint density at radius 1 is 1.09 bits per heavy atom. The van der Waals surface area contributed by atoms with Gasteiger partial charge in [-0.2, -0.15) is 39.1 Å². The van der Waals surface area contributed by atoms with Gasteiger partial charge in [-0.05, 0) is 38.2 Å². The highest BCUT2D eigenvalue weighted by Gasteiger charge is 2.82.